The van der Waals surface area contributed by atoms with Crippen molar-refractivity contribution in [3.8, 4) is 16.3 Å². The molecule has 0 atom stereocenters. The van der Waals surface area contributed by atoms with E-state index >= 15 is 0 Å². The van der Waals surface area contributed by atoms with Gasteiger partial charge in [0.2, 0.25) is 0 Å². The first-order valence-electron chi connectivity index (χ1n) is 10.7. The van der Waals surface area contributed by atoms with E-state index in [1.807, 2.05) is 24.3 Å². The molecule has 0 unspecified atom stereocenters. The Bertz CT molecular complexity index is 958. The van der Waals surface area contributed by atoms with Gasteiger partial charge in [0.1, 0.15) is 16.3 Å². The van der Waals surface area contributed by atoms with E-state index in [9.17, 15) is 0 Å². The van der Waals surface area contributed by atoms with Gasteiger partial charge in [-0.05, 0) is 72.3 Å². The Balaban J connectivity index is 1.98. The second kappa shape index (κ2) is 11.1. The van der Waals surface area contributed by atoms with Crippen molar-refractivity contribution in [3.05, 3.63) is 41.4 Å². The van der Waals surface area contributed by atoms with Gasteiger partial charge in [-0.1, -0.05) is 23.7 Å². The Labute approximate surface area is 195 Å². The van der Waals surface area contributed by atoms with Crippen LogP contribution in [0.2, 0.25) is 5.02 Å². The van der Waals surface area contributed by atoms with Crippen LogP contribution in [0.1, 0.15) is 12.8 Å². The smallest absolute Gasteiger partial charge is 0.124 e. The number of methoxy groups -OCH3 is 1. The normalized spacial score (nSPS) is 11.6. The summed E-state index contributed by atoms with van der Waals surface area (Å²) in [6.07, 6.45) is 2.20. The molecular weight excluding hydrogens is 428 g/mol. The fraction of sp³-hybridized carbons (Fsp3) is 0.458. The summed E-state index contributed by atoms with van der Waals surface area (Å²) in [7, 11) is 10.2. The molecule has 31 heavy (non-hydrogen) atoms. The van der Waals surface area contributed by atoms with Crippen LogP contribution >= 0.6 is 22.9 Å². The highest BCUT2D eigenvalue weighted by molar-refractivity contribution is 7.21. The number of aromatic nitrogens is 1. The van der Waals surface area contributed by atoms with Crippen LogP contribution in [-0.2, 0) is 0 Å². The molecule has 3 rings (SSSR count). The molecule has 7 heteroatoms. The topological polar surface area (TPSA) is 31.8 Å². The SMILES string of the molecule is COc1cc(N(CCCN(C)C)CCCN(C)C)c2nc(-c3ccc(Cl)cc3)sc2c1. The highest BCUT2D eigenvalue weighted by atomic mass is 35.5. The average Bonchev–Trinajstić information content (AvgIpc) is 3.16. The molecule has 5 nitrogen and oxygen atoms in total. The Kier molecular flexibility index (Phi) is 8.55. The maximum Gasteiger partial charge on any atom is 0.124 e. The summed E-state index contributed by atoms with van der Waals surface area (Å²) in [4.78, 5) is 12.0. The maximum absolute atomic E-state index is 6.08. The number of fused-ring (bicyclic) bond motifs is 1. The molecule has 0 N–H and O–H groups in total. The number of rotatable bonds is 11. The van der Waals surface area contributed by atoms with Crippen LogP contribution < -0.4 is 9.64 Å². The first-order valence-corrected chi connectivity index (χ1v) is 11.9. The Morgan fingerprint density at radius 2 is 1.52 bits per heavy atom. The molecule has 0 aliphatic rings. The Morgan fingerprint density at radius 1 is 0.903 bits per heavy atom. The number of ether oxygens (including phenoxy) is 1. The lowest BCUT2D eigenvalue weighted by molar-refractivity contribution is 0.389. The van der Waals surface area contributed by atoms with Gasteiger partial charge in [0.15, 0.2) is 0 Å². The molecule has 0 aliphatic carbocycles. The highest BCUT2D eigenvalue weighted by Crippen LogP contribution is 2.38. The van der Waals surface area contributed by atoms with Crippen molar-refractivity contribution in [3.63, 3.8) is 0 Å². The number of thiazole rings is 1. The summed E-state index contributed by atoms with van der Waals surface area (Å²) in [5.41, 5.74) is 3.29. The predicted molar refractivity (Wildman–Crippen MR) is 135 cm³/mol. The third kappa shape index (κ3) is 6.56. The summed E-state index contributed by atoms with van der Waals surface area (Å²) in [5, 5.41) is 1.74. The number of nitrogens with zero attached hydrogens (tertiary/aromatic N) is 4. The van der Waals surface area contributed by atoms with Gasteiger partial charge in [-0.25, -0.2) is 4.98 Å². The van der Waals surface area contributed by atoms with Gasteiger partial charge in [0.05, 0.1) is 17.5 Å². The van der Waals surface area contributed by atoms with Crippen molar-refractivity contribution < 1.29 is 4.74 Å². The largest absolute Gasteiger partial charge is 0.497 e. The minimum Gasteiger partial charge on any atom is -0.497 e. The van der Waals surface area contributed by atoms with Crippen LogP contribution in [0.25, 0.3) is 20.8 Å². The molecule has 0 saturated heterocycles. The average molecular weight is 461 g/mol. The number of halogens is 1. The van der Waals surface area contributed by atoms with Crippen LogP contribution in [0.3, 0.4) is 0 Å². The van der Waals surface area contributed by atoms with Gasteiger partial charge in [-0.15, -0.1) is 11.3 Å². The standard InChI is InChI=1S/C24H33ClN4OS/c1-27(2)12-6-14-29(15-7-13-28(3)4)21-16-20(30-5)17-22-23(21)26-24(31-22)18-8-10-19(25)11-9-18/h8-11,16-17H,6-7,12-15H2,1-5H3. The quantitative estimate of drug-likeness (QED) is 0.386. The van der Waals surface area contributed by atoms with Gasteiger partial charge in [-0.3, -0.25) is 0 Å². The minimum absolute atomic E-state index is 0.736. The Morgan fingerprint density at radius 3 is 2.06 bits per heavy atom. The van der Waals surface area contributed by atoms with Crippen molar-refractivity contribution in [1.82, 2.24) is 14.8 Å². The second-order valence-electron chi connectivity index (χ2n) is 8.32. The van der Waals surface area contributed by atoms with E-state index in [1.54, 1.807) is 18.4 Å². The minimum atomic E-state index is 0.736. The zero-order chi connectivity index (χ0) is 22.4. The molecule has 1 heterocycles. The third-order valence-electron chi connectivity index (χ3n) is 5.18. The summed E-state index contributed by atoms with van der Waals surface area (Å²) < 4.78 is 6.79. The molecule has 0 amide bonds. The summed E-state index contributed by atoms with van der Waals surface area (Å²) in [5.74, 6) is 0.874. The lowest BCUT2D eigenvalue weighted by atomic mass is 10.2. The zero-order valence-corrected chi connectivity index (χ0v) is 20.8. The zero-order valence-electron chi connectivity index (χ0n) is 19.2. The maximum atomic E-state index is 6.08. The molecule has 168 valence electrons. The van der Waals surface area contributed by atoms with E-state index < -0.39 is 0 Å². The second-order valence-corrected chi connectivity index (χ2v) is 9.79. The van der Waals surface area contributed by atoms with Crippen LogP contribution in [-0.4, -0.2) is 76.3 Å². The first-order chi connectivity index (χ1) is 14.9. The van der Waals surface area contributed by atoms with Crippen molar-refractivity contribution >= 4 is 38.8 Å². The fourth-order valence-corrected chi connectivity index (χ4v) is 4.72. The lowest BCUT2D eigenvalue weighted by Crippen LogP contribution is -2.30. The van der Waals surface area contributed by atoms with Crippen molar-refractivity contribution in [2.75, 3.05) is 66.4 Å². The predicted octanol–water partition coefficient (Wildman–Crippen LogP) is 5.34. The Hall–Kier alpha value is -1.86. The fourth-order valence-electron chi connectivity index (χ4n) is 3.57. The third-order valence-corrected chi connectivity index (χ3v) is 6.49. The number of anilines is 1. The molecule has 0 bridgehead atoms. The van der Waals surface area contributed by atoms with E-state index in [0.29, 0.717) is 0 Å². The van der Waals surface area contributed by atoms with Crippen LogP contribution in [0.5, 0.6) is 5.75 Å². The molecule has 0 fully saturated rings. The van der Waals surface area contributed by atoms with Crippen LogP contribution in [0, 0.1) is 0 Å². The van der Waals surface area contributed by atoms with Crippen molar-refractivity contribution in [1.29, 1.82) is 0 Å². The van der Waals surface area contributed by atoms with Crippen molar-refractivity contribution in [2.24, 2.45) is 0 Å². The number of benzene rings is 2. The molecular formula is C24H33ClN4OS. The van der Waals surface area contributed by atoms with E-state index in [0.717, 1.165) is 76.3 Å². The molecule has 2 aromatic carbocycles. The number of hydrogen-bond donors (Lipinski definition) is 0. The molecule has 3 aromatic rings. The van der Waals surface area contributed by atoms with E-state index in [1.165, 1.54) is 0 Å². The van der Waals surface area contributed by atoms with E-state index in [-0.39, 0.29) is 0 Å². The van der Waals surface area contributed by atoms with Gasteiger partial charge in [0, 0.05) is 29.7 Å². The van der Waals surface area contributed by atoms with Gasteiger partial charge < -0.3 is 19.4 Å². The summed E-state index contributed by atoms with van der Waals surface area (Å²) >= 11 is 7.78. The van der Waals surface area contributed by atoms with Gasteiger partial charge >= 0.3 is 0 Å². The van der Waals surface area contributed by atoms with Crippen molar-refractivity contribution in [2.45, 2.75) is 12.8 Å². The van der Waals surface area contributed by atoms with Crippen LogP contribution in [0.4, 0.5) is 5.69 Å². The summed E-state index contributed by atoms with van der Waals surface area (Å²) in [6, 6.07) is 12.1. The molecule has 0 aliphatic heterocycles. The molecule has 0 saturated carbocycles. The first kappa shape index (κ1) is 23.8. The summed E-state index contributed by atoms with van der Waals surface area (Å²) in [6.45, 7) is 4.10. The molecule has 0 radical (unpaired) electrons. The van der Waals surface area contributed by atoms with Gasteiger partial charge in [-0.2, -0.15) is 0 Å². The van der Waals surface area contributed by atoms with Gasteiger partial charge in [0.25, 0.3) is 0 Å². The molecule has 1 aromatic heterocycles. The van der Waals surface area contributed by atoms with E-state index in [2.05, 4.69) is 55.0 Å². The van der Waals surface area contributed by atoms with Crippen LogP contribution in [0.15, 0.2) is 36.4 Å². The monoisotopic (exact) mass is 460 g/mol. The lowest BCUT2D eigenvalue weighted by Gasteiger charge is -2.27. The molecule has 0 spiro atoms. The van der Waals surface area contributed by atoms with E-state index in [4.69, 9.17) is 21.3 Å². The highest BCUT2D eigenvalue weighted by Gasteiger charge is 2.17. The number of hydrogen-bond acceptors (Lipinski definition) is 6.